The predicted octanol–water partition coefficient (Wildman–Crippen LogP) is 1.37. The van der Waals surface area contributed by atoms with E-state index in [4.69, 9.17) is 4.74 Å². The van der Waals surface area contributed by atoms with Crippen molar-refractivity contribution in [1.82, 2.24) is 9.88 Å². The molecular weight excluding hydrogens is 288 g/mol. The van der Waals surface area contributed by atoms with Gasteiger partial charge in [-0.25, -0.2) is 4.98 Å². The van der Waals surface area contributed by atoms with Gasteiger partial charge in [-0.05, 0) is 20.0 Å². The molecule has 1 unspecified atom stereocenters. The molecule has 1 aliphatic heterocycles. The van der Waals surface area contributed by atoms with Gasteiger partial charge in [-0.2, -0.15) is 0 Å². The van der Waals surface area contributed by atoms with Crippen molar-refractivity contribution >= 4 is 17.5 Å². The molecule has 0 saturated carbocycles. The molecule has 8 heteroatoms. The summed E-state index contributed by atoms with van der Waals surface area (Å²) in [6.07, 6.45) is 0.551. The zero-order chi connectivity index (χ0) is 16.3. The monoisotopic (exact) mass is 308 g/mol. The summed E-state index contributed by atoms with van der Waals surface area (Å²) < 4.78 is 5.09. The Kier molecular flexibility index (Phi) is 4.92. The van der Waals surface area contributed by atoms with Gasteiger partial charge in [0.05, 0.1) is 10.5 Å². The molecule has 1 atom stereocenters. The first-order chi connectivity index (χ1) is 10.4. The average molecular weight is 308 g/mol. The summed E-state index contributed by atoms with van der Waals surface area (Å²) in [5.41, 5.74) is 0.232. The lowest BCUT2D eigenvalue weighted by Gasteiger charge is -2.33. The van der Waals surface area contributed by atoms with E-state index in [1.807, 2.05) is 0 Å². The van der Waals surface area contributed by atoms with E-state index in [2.05, 4.69) is 21.8 Å². The van der Waals surface area contributed by atoms with Gasteiger partial charge in [0.1, 0.15) is 18.1 Å². The van der Waals surface area contributed by atoms with Crippen molar-refractivity contribution in [2.75, 3.05) is 38.1 Å². The number of nitrogens with zero attached hydrogens (tertiary/aromatic N) is 4. The number of rotatable bonds is 4. The molecule has 2 heterocycles. The maximum Gasteiger partial charge on any atom is 0.303 e. The van der Waals surface area contributed by atoms with Crippen LogP contribution in [-0.4, -0.2) is 54.0 Å². The van der Waals surface area contributed by atoms with E-state index in [1.165, 1.54) is 13.1 Å². The third-order valence-corrected chi connectivity index (χ3v) is 3.70. The fraction of sp³-hybridized carbons (Fsp3) is 0.571. The minimum atomic E-state index is -0.688. The van der Waals surface area contributed by atoms with Crippen molar-refractivity contribution < 1.29 is 14.5 Å². The lowest BCUT2D eigenvalue weighted by atomic mass is 10.1. The number of hydrogen-bond donors (Lipinski definition) is 0. The lowest BCUT2D eigenvalue weighted by Crippen LogP contribution is -2.44. The van der Waals surface area contributed by atoms with E-state index in [0.29, 0.717) is 11.4 Å². The zero-order valence-corrected chi connectivity index (χ0v) is 13.0. The zero-order valence-electron chi connectivity index (χ0n) is 13.0. The van der Waals surface area contributed by atoms with Crippen molar-refractivity contribution in [2.45, 2.75) is 20.0 Å². The molecule has 0 bridgehead atoms. The van der Waals surface area contributed by atoms with Crippen molar-refractivity contribution in [3.05, 3.63) is 27.9 Å². The van der Waals surface area contributed by atoms with E-state index in [9.17, 15) is 14.9 Å². The number of nitro groups is 1. The molecule has 0 amide bonds. The van der Waals surface area contributed by atoms with E-state index in [-0.39, 0.29) is 5.69 Å². The van der Waals surface area contributed by atoms with Crippen LogP contribution in [-0.2, 0) is 9.53 Å². The second kappa shape index (κ2) is 6.69. The standard InChI is InChI=1S/C14H20N4O4/c1-10(22-11(2)19)12-8-14(15-9-13(12)18(20)21)17-6-4-16(3)5-7-17/h8-10H,4-7H2,1-3H3. The summed E-state index contributed by atoms with van der Waals surface area (Å²) >= 11 is 0. The molecular formula is C14H20N4O4. The molecule has 1 aromatic heterocycles. The van der Waals surface area contributed by atoms with Gasteiger partial charge in [-0.3, -0.25) is 14.9 Å². The number of carbonyl (C=O) groups excluding carboxylic acids is 1. The maximum absolute atomic E-state index is 11.1. The van der Waals surface area contributed by atoms with Gasteiger partial charge in [0.25, 0.3) is 5.69 Å². The molecule has 0 N–H and O–H groups in total. The number of likely N-dealkylation sites (N-methyl/N-ethyl adjacent to an activating group) is 1. The maximum atomic E-state index is 11.1. The van der Waals surface area contributed by atoms with Crippen LogP contribution in [0.5, 0.6) is 0 Å². The van der Waals surface area contributed by atoms with Crippen molar-refractivity contribution in [3.8, 4) is 0 Å². The molecule has 22 heavy (non-hydrogen) atoms. The Bertz CT molecular complexity index is 570. The van der Waals surface area contributed by atoms with Crippen LogP contribution in [0.4, 0.5) is 11.5 Å². The third-order valence-electron chi connectivity index (χ3n) is 3.70. The molecule has 1 fully saturated rings. The quantitative estimate of drug-likeness (QED) is 0.471. The molecule has 0 aliphatic carbocycles. The molecule has 0 spiro atoms. The number of carbonyl (C=O) groups is 1. The minimum Gasteiger partial charge on any atom is -0.458 e. The van der Waals surface area contributed by atoms with Gasteiger partial charge >= 0.3 is 5.97 Å². The van der Waals surface area contributed by atoms with Crippen LogP contribution in [0.15, 0.2) is 12.3 Å². The Morgan fingerprint density at radius 2 is 2.05 bits per heavy atom. The number of hydrogen-bond acceptors (Lipinski definition) is 7. The summed E-state index contributed by atoms with van der Waals surface area (Å²) in [5, 5.41) is 11.1. The van der Waals surface area contributed by atoms with E-state index in [1.54, 1.807) is 13.0 Å². The fourth-order valence-electron chi connectivity index (χ4n) is 2.45. The Labute approximate surface area is 128 Å². The minimum absolute atomic E-state index is 0.133. The summed E-state index contributed by atoms with van der Waals surface area (Å²) in [7, 11) is 2.05. The highest BCUT2D eigenvalue weighted by atomic mass is 16.6. The third kappa shape index (κ3) is 3.70. The van der Waals surface area contributed by atoms with Gasteiger partial charge < -0.3 is 14.5 Å². The normalized spacial score (nSPS) is 17.1. The number of esters is 1. The van der Waals surface area contributed by atoms with E-state index < -0.39 is 17.0 Å². The van der Waals surface area contributed by atoms with Crippen LogP contribution in [0.3, 0.4) is 0 Å². The molecule has 1 aromatic rings. The van der Waals surface area contributed by atoms with Crippen LogP contribution >= 0.6 is 0 Å². The van der Waals surface area contributed by atoms with Crippen LogP contribution in [0.1, 0.15) is 25.5 Å². The largest absolute Gasteiger partial charge is 0.458 e. The first-order valence-electron chi connectivity index (χ1n) is 7.13. The predicted molar refractivity (Wildman–Crippen MR) is 80.8 cm³/mol. The molecule has 120 valence electrons. The Hall–Kier alpha value is -2.22. The van der Waals surface area contributed by atoms with Gasteiger partial charge in [0.15, 0.2) is 0 Å². The van der Waals surface area contributed by atoms with Crippen LogP contribution < -0.4 is 4.90 Å². The van der Waals surface area contributed by atoms with Gasteiger partial charge in [-0.15, -0.1) is 0 Å². The summed E-state index contributed by atoms with van der Waals surface area (Å²) in [6, 6.07) is 1.65. The summed E-state index contributed by atoms with van der Waals surface area (Å²) in [6.45, 7) is 6.34. The van der Waals surface area contributed by atoms with Crippen molar-refractivity contribution in [1.29, 1.82) is 0 Å². The van der Waals surface area contributed by atoms with Gasteiger partial charge in [0.2, 0.25) is 0 Å². The van der Waals surface area contributed by atoms with Crippen LogP contribution in [0.2, 0.25) is 0 Å². The first-order valence-corrected chi connectivity index (χ1v) is 7.13. The highest BCUT2D eigenvalue weighted by molar-refractivity contribution is 5.66. The smallest absolute Gasteiger partial charge is 0.303 e. The fourth-order valence-corrected chi connectivity index (χ4v) is 2.45. The van der Waals surface area contributed by atoms with Gasteiger partial charge in [-0.1, -0.05) is 0 Å². The van der Waals surface area contributed by atoms with Gasteiger partial charge in [0, 0.05) is 33.1 Å². The molecule has 1 saturated heterocycles. The number of anilines is 1. The number of pyridine rings is 1. The second-order valence-electron chi connectivity index (χ2n) is 5.40. The molecule has 8 nitrogen and oxygen atoms in total. The highest BCUT2D eigenvalue weighted by Crippen LogP contribution is 2.30. The van der Waals surface area contributed by atoms with Crippen molar-refractivity contribution in [2.24, 2.45) is 0 Å². The van der Waals surface area contributed by atoms with E-state index >= 15 is 0 Å². The van der Waals surface area contributed by atoms with Crippen molar-refractivity contribution in [3.63, 3.8) is 0 Å². The number of ether oxygens (including phenoxy) is 1. The van der Waals surface area contributed by atoms with Crippen LogP contribution in [0.25, 0.3) is 0 Å². The highest BCUT2D eigenvalue weighted by Gasteiger charge is 2.24. The molecule has 1 aliphatic rings. The van der Waals surface area contributed by atoms with E-state index in [0.717, 1.165) is 26.2 Å². The number of aromatic nitrogens is 1. The molecule has 0 radical (unpaired) electrons. The van der Waals surface area contributed by atoms with Crippen LogP contribution in [0, 0.1) is 10.1 Å². The Morgan fingerprint density at radius 1 is 1.41 bits per heavy atom. The second-order valence-corrected chi connectivity index (χ2v) is 5.40. The summed E-state index contributed by atoms with van der Waals surface area (Å²) in [5.74, 6) is 0.201. The molecule has 2 rings (SSSR count). The topological polar surface area (TPSA) is 88.8 Å². The Balaban J connectivity index is 2.30. The average Bonchev–Trinajstić information content (AvgIpc) is 2.46. The summed E-state index contributed by atoms with van der Waals surface area (Å²) in [4.78, 5) is 30.2. The first kappa shape index (κ1) is 16.2. The Morgan fingerprint density at radius 3 is 2.59 bits per heavy atom. The lowest BCUT2D eigenvalue weighted by molar-refractivity contribution is -0.386. The molecule has 0 aromatic carbocycles. The SMILES string of the molecule is CC(=O)OC(C)c1cc(N2CCN(C)CC2)ncc1[N+](=O)[O-]. The number of piperazine rings is 1.